The molecule has 0 bridgehead atoms. The van der Waals surface area contributed by atoms with Crippen molar-refractivity contribution in [3.63, 3.8) is 0 Å². The van der Waals surface area contributed by atoms with Gasteiger partial charge in [-0.25, -0.2) is 0 Å². The van der Waals surface area contributed by atoms with Gasteiger partial charge in [-0.05, 0) is 61.1 Å². The van der Waals surface area contributed by atoms with Crippen molar-refractivity contribution in [1.82, 2.24) is 10.2 Å². The fourth-order valence-corrected chi connectivity index (χ4v) is 3.77. The maximum absolute atomic E-state index is 12.8. The van der Waals surface area contributed by atoms with Crippen LogP contribution in [-0.2, 0) is 12.8 Å². The molecule has 0 spiro atoms. The Balaban J connectivity index is 1.63. The number of thioether (sulfide) groups is 1. The molecule has 1 aliphatic rings. The molecule has 0 unspecified atom stereocenters. The Morgan fingerprint density at radius 3 is 2.92 bits per heavy atom. The van der Waals surface area contributed by atoms with E-state index in [2.05, 4.69) is 15.5 Å². The lowest BCUT2D eigenvalue weighted by atomic mass is 9.89. The number of hydrogen-bond donors (Lipinski definition) is 2. The Bertz CT molecular complexity index is 981. The van der Waals surface area contributed by atoms with Crippen LogP contribution in [0, 0.1) is 0 Å². The minimum absolute atomic E-state index is 0.158. The van der Waals surface area contributed by atoms with Crippen LogP contribution in [0.15, 0.2) is 47.4 Å². The van der Waals surface area contributed by atoms with E-state index in [4.69, 9.17) is 4.74 Å². The van der Waals surface area contributed by atoms with E-state index in [0.717, 1.165) is 46.0 Å². The monoisotopic (exact) mass is 365 g/mol. The quantitative estimate of drug-likeness (QED) is 0.682. The fourth-order valence-electron chi connectivity index (χ4n) is 3.31. The molecule has 1 aromatic heterocycles. The van der Waals surface area contributed by atoms with E-state index in [1.165, 1.54) is 5.56 Å². The highest BCUT2D eigenvalue weighted by Gasteiger charge is 2.25. The number of fused-ring (bicyclic) bond motifs is 3. The van der Waals surface area contributed by atoms with E-state index in [-0.39, 0.29) is 5.91 Å². The van der Waals surface area contributed by atoms with Crippen LogP contribution < -0.4 is 10.1 Å². The molecule has 0 saturated heterocycles. The highest BCUT2D eigenvalue weighted by atomic mass is 32.2. The SMILES string of the molecule is COc1ccc2c(c1)CCc1c-2n[nH]c1C(=O)Nc1cccc(SC)c1. The molecule has 0 atom stereocenters. The third-order valence-corrected chi connectivity index (χ3v) is 5.36. The van der Waals surface area contributed by atoms with E-state index in [9.17, 15) is 4.79 Å². The third kappa shape index (κ3) is 2.97. The van der Waals surface area contributed by atoms with Crippen LogP contribution in [0.4, 0.5) is 5.69 Å². The molecule has 5 nitrogen and oxygen atoms in total. The van der Waals surface area contributed by atoms with Gasteiger partial charge in [0, 0.05) is 21.7 Å². The third-order valence-electron chi connectivity index (χ3n) is 4.63. The number of ether oxygens (including phenoxy) is 1. The topological polar surface area (TPSA) is 67.0 Å². The number of carbonyl (C=O) groups excluding carboxylic acids is 1. The van der Waals surface area contributed by atoms with Crippen LogP contribution in [0.2, 0.25) is 0 Å². The van der Waals surface area contributed by atoms with Crippen LogP contribution in [0.1, 0.15) is 21.6 Å². The standard InChI is InChI=1S/C20H19N3O2S/c1-25-14-7-9-16-12(10-14)6-8-17-18(16)22-23-19(17)20(24)21-13-4-3-5-15(11-13)26-2/h3-5,7,9-11H,6,8H2,1-2H3,(H,21,24)(H,22,23). The van der Waals surface area contributed by atoms with Gasteiger partial charge in [0.25, 0.3) is 5.91 Å². The summed E-state index contributed by atoms with van der Waals surface area (Å²) >= 11 is 1.64. The molecule has 0 fully saturated rings. The van der Waals surface area contributed by atoms with E-state index in [0.29, 0.717) is 5.69 Å². The number of rotatable bonds is 4. The molecule has 1 heterocycles. The van der Waals surface area contributed by atoms with Crippen LogP contribution in [0.5, 0.6) is 5.75 Å². The van der Waals surface area contributed by atoms with Gasteiger partial charge in [0.2, 0.25) is 0 Å². The maximum atomic E-state index is 12.8. The first-order valence-electron chi connectivity index (χ1n) is 8.39. The number of H-pyrrole nitrogens is 1. The van der Waals surface area contributed by atoms with Gasteiger partial charge in [-0.1, -0.05) is 6.07 Å². The Labute approximate surface area is 156 Å². The van der Waals surface area contributed by atoms with Crippen LogP contribution in [0.25, 0.3) is 11.3 Å². The van der Waals surface area contributed by atoms with Gasteiger partial charge in [-0.15, -0.1) is 11.8 Å². The normalized spacial score (nSPS) is 12.2. The van der Waals surface area contributed by atoms with Crippen LogP contribution >= 0.6 is 11.8 Å². The van der Waals surface area contributed by atoms with Crippen molar-refractivity contribution < 1.29 is 9.53 Å². The minimum atomic E-state index is -0.158. The van der Waals surface area contributed by atoms with Crippen LogP contribution in [-0.4, -0.2) is 29.5 Å². The summed E-state index contributed by atoms with van der Waals surface area (Å²) in [5.41, 5.74) is 5.41. The number of carbonyl (C=O) groups is 1. The van der Waals surface area contributed by atoms with Crippen molar-refractivity contribution in [2.24, 2.45) is 0 Å². The zero-order valence-electron chi connectivity index (χ0n) is 14.6. The molecule has 3 aromatic rings. The molecule has 6 heteroatoms. The molecule has 0 radical (unpaired) electrons. The fraction of sp³-hybridized carbons (Fsp3) is 0.200. The second kappa shape index (κ2) is 6.88. The average molecular weight is 365 g/mol. The first kappa shape index (κ1) is 16.7. The zero-order chi connectivity index (χ0) is 18.1. The van der Waals surface area contributed by atoms with Crippen molar-refractivity contribution in [2.75, 3.05) is 18.7 Å². The van der Waals surface area contributed by atoms with Gasteiger partial charge in [0.05, 0.1) is 12.8 Å². The number of anilines is 1. The van der Waals surface area contributed by atoms with E-state index < -0.39 is 0 Å². The molecule has 2 aromatic carbocycles. The molecule has 4 rings (SSSR count). The predicted octanol–water partition coefficient (Wildman–Crippen LogP) is 4.16. The van der Waals surface area contributed by atoms with Crippen molar-refractivity contribution in [3.8, 4) is 17.0 Å². The number of nitrogens with one attached hydrogen (secondary N) is 2. The lowest BCUT2D eigenvalue weighted by Crippen LogP contribution is -2.15. The molecule has 1 amide bonds. The molecular weight excluding hydrogens is 346 g/mol. The van der Waals surface area contributed by atoms with Crippen molar-refractivity contribution in [1.29, 1.82) is 0 Å². The summed E-state index contributed by atoms with van der Waals surface area (Å²) in [6.07, 6.45) is 3.65. The number of hydrogen-bond acceptors (Lipinski definition) is 4. The smallest absolute Gasteiger partial charge is 0.273 e. The molecule has 26 heavy (non-hydrogen) atoms. The Hall–Kier alpha value is -2.73. The number of methoxy groups -OCH3 is 1. The molecular formula is C20H19N3O2S. The Morgan fingerprint density at radius 1 is 1.23 bits per heavy atom. The highest BCUT2D eigenvalue weighted by Crippen LogP contribution is 2.35. The van der Waals surface area contributed by atoms with Gasteiger partial charge >= 0.3 is 0 Å². The van der Waals surface area contributed by atoms with Crippen molar-refractivity contribution in [2.45, 2.75) is 17.7 Å². The summed E-state index contributed by atoms with van der Waals surface area (Å²) < 4.78 is 5.30. The molecule has 132 valence electrons. The summed E-state index contributed by atoms with van der Waals surface area (Å²) in [7, 11) is 1.67. The number of benzene rings is 2. The van der Waals surface area contributed by atoms with E-state index in [1.54, 1.807) is 18.9 Å². The first-order valence-corrected chi connectivity index (χ1v) is 9.62. The van der Waals surface area contributed by atoms with Gasteiger partial charge in [0.1, 0.15) is 11.4 Å². The van der Waals surface area contributed by atoms with Gasteiger partial charge < -0.3 is 10.1 Å². The molecule has 0 saturated carbocycles. The number of aryl methyl sites for hydroxylation is 1. The summed E-state index contributed by atoms with van der Waals surface area (Å²) in [5, 5.41) is 10.3. The second-order valence-electron chi connectivity index (χ2n) is 6.13. The first-order chi connectivity index (χ1) is 12.7. The molecule has 2 N–H and O–H groups in total. The number of aromatic nitrogens is 2. The predicted molar refractivity (Wildman–Crippen MR) is 104 cm³/mol. The number of aromatic amines is 1. The number of nitrogens with zero attached hydrogens (tertiary/aromatic N) is 1. The largest absolute Gasteiger partial charge is 0.497 e. The average Bonchev–Trinajstić information content (AvgIpc) is 3.12. The second-order valence-corrected chi connectivity index (χ2v) is 7.01. The highest BCUT2D eigenvalue weighted by molar-refractivity contribution is 7.98. The van der Waals surface area contributed by atoms with Gasteiger partial charge in [0.15, 0.2) is 0 Å². The molecule has 1 aliphatic carbocycles. The zero-order valence-corrected chi connectivity index (χ0v) is 15.4. The summed E-state index contributed by atoms with van der Waals surface area (Å²) in [6, 6.07) is 13.8. The summed E-state index contributed by atoms with van der Waals surface area (Å²) in [4.78, 5) is 13.9. The number of amides is 1. The summed E-state index contributed by atoms with van der Waals surface area (Å²) in [5.74, 6) is 0.684. The lowest BCUT2D eigenvalue weighted by molar-refractivity contribution is 0.102. The van der Waals surface area contributed by atoms with Crippen LogP contribution in [0.3, 0.4) is 0 Å². The Kier molecular flexibility index (Phi) is 4.42. The van der Waals surface area contributed by atoms with Crippen molar-refractivity contribution in [3.05, 3.63) is 59.3 Å². The van der Waals surface area contributed by atoms with E-state index >= 15 is 0 Å². The van der Waals surface area contributed by atoms with Crippen molar-refractivity contribution >= 4 is 23.4 Å². The minimum Gasteiger partial charge on any atom is -0.497 e. The van der Waals surface area contributed by atoms with Gasteiger partial charge in [-0.3, -0.25) is 9.89 Å². The molecule has 0 aliphatic heterocycles. The summed E-state index contributed by atoms with van der Waals surface area (Å²) in [6.45, 7) is 0. The lowest BCUT2D eigenvalue weighted by Gasteiger charge is -2.17. The maximum Gasteiger partial charge on any atom is 0.273 e. The van der Waals surface area contributed by atoms with Gasteiger partial charge in [-0.2, -0.15) is 5.10 Å². The van der Waals surface area contributed by atoms with E-state index in [1.807, 2.05) is 48.7 Å². The Morgan fingerprint density at radius 2 is 2.12 bits per heavy atom.